The van der Waals surface area contributed by atoms with Gasteiger partial charge in [-0.05, 0) is 24.1 Å². The molecule has 13 heavy (non-hydrogen) atoms. The van der Waals surface area contributed by atoms with Crippen molar-refractivity contribution < 1.29 is 9.23 Å². The summed E-state index contributed by atoms with van der Waals surface area (Å²) >= 11 is 3.32. The fraction of sp³-hybridized carbons (Fsp3) is 0.333. The van der Waals surface area contributed by atoms with Crippen LogP contribution in [0.1, 0.15) is 18.0 Å². The molecule has 2 rings (SSSR count). The van der Waals surface area contributed by atoms with Gasteiger partial charge in [0.2, 0.25) is 0 Å². The van der Waals surface area contributed by atoms with E-state index >= 15 is 0 Å². The van der Waals surface area contributed by atoms with E-state index in [9.17, 15) is 4.39 Å². The molecule has 0 aromatic heterocycles. The zero-order chi connectivity index (χ0) is 9.26. The number of benzene rings is 1. The second-order valence-electron chi connectivity index (χ2n) is 2.97. The van der Waals surface area contributed by atoms with Crippen LogP contribution in [-0.4, -0.2) is 6.61 Å². The second-order valence-corrected chi connectivity index (χ2v) is 3.83. The van der Waals surface area contributed by atoms with Crippen molar-refractivity contribution in [1.82, 2.24) is 5.48 Å². The number of hydroxylamine groups is 1. The first kappa shape index (κ1) is 9.12. The van der Waals surface area contributed by atoms with Gasteiger partial charge in [-0.25, -0.2) is 4.39 Å². The third-order valence-electron chi connectivity index (χ3n) is 2.07. The van der Waals surface area contributed by atoms with Crippen molar-refractivity contribution in [3.05, 3.63) is 34.1 Å². The molecule has 1 aliphatic rings. The molecule has 1 aromatic carbocycles. The maximum atomic E-state index is 12.8. The second kappa shape index (κ2) is 3.74. The first-order chi connectivity index (χ1) is 6.27. The van der Waals surface area contributed by atoms with Gasteiger partial charge >= 0.3 is 0 Å². The molecule has 1 aromatic rings. The first-order valence-electron chi connectivity index (χ1n) is 4.09. The molecule has 2 nitrogen and oxygen atoms in total. The van der Waals surface area contributed by atoms with E-state index in [1.807, 2.05) is 0 Å². The van der Waals surface area contributed by atoms with Crippen molar-refractivity contribution in [3.8, 4) is 0 Å². The highest BCUT2D eigenvalue weighted by Crippen LogP contribution is 2.28. The molecule has 1 atom stereocenters. The maximum absolute atomic E-state index is 12.8. The Bertz CT molecular complexity index is 312. The van der Waals surface area contributed by atoms with Gasteiger partial charge in [-0.15, -0.1) is 0 Å². The summed E-state index contributed by atoms with van der Waals surface area (Å²) in [6.45, 7) is 0.703. The summed E-state index contributed by atoms with van der Waals surface area (Å²) in [7, 11) is 0. The Hall–Kier alpha value is -0.450. The van der Waals surface area contributed by atoms with Crippen LogP contribution in [-0.2, 0) is 4.84 Å². The molecule has 0 spiro atoms. The normalized spacial score (nSPS) is 22.2. The fourth-order valence-corrected chi connectivity index (χ4v) is 2.03. The van der Waals surface area contributed by atoms with E-state index in [2.05, 4.69) is 21.4 Å². The Morgan fingerprint density at radius 3 is 3.00 bits per heavy atom. The molecule has 4 heteroatoms. The van der Waals surface area contributed by atoms with Crippen molar-refractivity contribution >= 4 is 15.9 Å². The third-order valence-corrected chi connectivity index (χ3v) is 2.76. The van der Waals surface area contributed by atoms with Crippen LogP contribution in [0.4, 0.5) is 4.39 Å². The van der Waals surface area contributed by atoms with E-state index in [-0.39, 0.29) is 11.9 Å². The van der Waals surface area contributed by atoms with E-state index in [0.29, 0.717) is 6.61 Å². The summed E-state index contributed by atoms with van der Waals surface area (Å²) in [6.07, 6.45) is 0.921. The van der Waals surface area contributed by atoms with E-state index in [0.717, 1.165) is 16.5 Å². The lowest BCUT2D eigenvalue weighted by Gasteiger charge is -2.10. The van der Waals surface area contributed by atoms with Crippen LogP contribution in [0, 0.1) is 5.82 Å². The molecule has 1 aliphatic heterocycles. The van der Waals surface area contributed by atoms with Crippen LogP contribution in [0.25, 0.3) is 0 Å². The van der Waals surface area contributed by atoms with Gasteiger partial charge in [-0.2, -0.15) is 5.48 Å². The van der Waals surface area contributed by atoms with Gasteiger partial charge in [0.05, 0.1) is 12.6 Å². The number of nitrogens with one attached hydrogen (secondary N) is 1. The number of hydrogen-bond donors (Lipinski definition) is 1. The molecule has 0 radical (unpaired) electrons. The van der Waals surface area contributed by atoms with Crippen LogP contribution < -0.4 is 5.48 Å². The molecule has 1 N–H and O–H groups in total. The van der Waals surface area contributed by atoms with Crippen molar-refractivity contribution in [2.45, 2.75) is 12.5 Å². The van der Waals surface area contributed by atoms with Crippen molar-refractivity contribution in [2.24, 2.45) is 0 Å². The maximum Gasteiger partial charge on any atom is 0.124 e. The SMILES string of the molecule is Fc1ccc(C2CCON2)c(Br)c1. The molecule has 1 saturated heterocycles. The molecule has 0 bridgehead atoms. The quantitative estimate of drug-likeness (QED) is 0.822. The standard InChI is InChI=1S/C9H9BrFNO/c10-8-5-6(11)1-2-7(8)9-3-4-13-12-9/h1-2,5,9,12H,3-4H2. The lowest BCUT2D eigenvalue weighted by Crippen LogP contribution is -2.11. The topological polar surface area (TPSA) is 21.3 Å². The number of halogens is 2. The van der Waals surface area contributed by atoms with Crippen LogP contribution in [0.15, 0.2) is 22.7 Å². The molecular weight excluding hydrogens is 237 g/mol. The fourth-order valence-electron chi connectivity index (χ4n) is 1.40. The Morgan fingerprint density at radius 1 is 1.54 bits per heavy atom. The van der Waals surface area contributed by atoms with Crippen molar-refractivity contribution in [3.63, 3.8) is 0 Å². The highest BCUT2D eigenvalue weighted by Gasteiger charge is 2.19. The Kier molecular flexibility index (Phi) is 2.62. The molecule has 70 valence electrons. The summed E-state index contributed by atoms with van der Waals surface area (Å²) in [4.78, 5) is 5.03. The molecule has 1 unspecified atom stereocenters. The summed E-state index contributed by atoms with van der Waals surface area (Å²) in [5.41, 5.74) is 3.92. The lowest BCUT2D eigenvalue weighted by atomic mass is 10.1. The highest BCUT2D eigenvalue weighted by molar-refractivity contribution is 9.10. The van der Waals surface area contributed by atoms with Gasteiger partial charge in [0.1, 0.15) is 5.82 Å². The van der Waals surface area contributed by atoms with Gasteiger partial charge in [0.25, 0.3) is 0 Å². The average molecular weight is 246 g/mol. The summed E-state index contributed by atoms with van der Waals surface area (Å²) in [6, 6.07) is 4.87. The summed E-state index contributed by atoms with van der Waals surface area (Å²) < 4.78 is 13.5. The predicted octanol–water partition coefficient (Wildman–Crippen LogP) is 2.55. The van der Waals surface area contributed by atoms with Crippen molar-refractivity contribution in [1.29, 1.82) is 0 Å². The number of hydrogen-bond acceptors (Lipinski definition) is 2. The van der Waals surface area contributed by atoms with Gasteiger partial charge in [0.15, 0.2) is 0 Å². The van der Waals surface area contributed by atoms with Gasteiger partial charge in [0, 0.05) is 4.47 Å². The van der Waals surface area contributed by atoms with Crippen LogP contribution in [0.5, 0.6) is 0 Å². The van der Waals surface area contributed by atoms with Crippen LogP contribution in [0.2, 0.25) is 0 Å². The minimum Gasteiger partial charge on any atom is -0.301 e. The number of rotatable bonds is 1. The Morgan fingerprint density at radius 2 is 2.38 bits per heavy atom. The van der Waals surface area contributed by atoms with Gasteiger partial charge in [-0.3, -0.25) is 0 Å². The zero-order valence-electron chi connectivity index (χ0n) is 6.89. The Balaban J connectivity index is 2.29. The van der Waals surface area contributed by atoms with Crippen LogP contribution in [0.3, 0.4) is 0 Å². The lowest BCUT2D eigenvalue weighted by molar-refractivity contribution is 0.0882. The van der Waals surface area contributed by atoms with Crippen molar-refractivity contribution in [2.75, 3.05) is 6.61 Å². The predicted molar refractivity (Wildman–Crippen MR) is 50.5 cm³/mol. The van der Waals surface area contributed by atoms with Gasteiger partial charge in [-0.1, -0.05) is 22.0 Å². The molecular formula is C9H9BrFNO. The summed E-state index contributed by atoms with van der Waals surface area (Å²) in [5, 5.41) is 0. The monoisotopic (exact) mass is 245 g/mol. The van der Waals surface area contributed by atoms with Gasteiger partial charge < -0.3 is 4.84 Å². The minimum absolute atomic E-state index is 0.176. The Labute approximate surface area is 84.2 Å². The van der Waals surface area contributed by atoms with Crippen LogP contribution >= 0.6 is 15.9 Å². The molecule has 0 amide bonds. The first-order valence-corrected chi connectivity index (χ1v) is 4.89. The molecule has 0 saturated carbocycles. The van der Waals surface area contributed by atoms with E-state index < -0.39 is 0 Å². The summed E-state index contributed by atoms with van der Waals surface area (Å²) in [5.74, 6) is -0.227. The smallest absolute Gasteiger partial charge is 0.124 e. The minimum atomic E-state index is -0.227. The zero-order valence-corrected chi connectivity index (χ0v) is 8.47. The third kappa shape index (κ3) is 1.90. The molecule has 1 fully saturated rings. The average Bonchev–Trinajstić information content (AvgIpc) is 2.56. The highest BCUT2D eigenvalue weighted by atomic mass is 79.9. The largest absolute Gasteiger partial charge is 0.301 e. The van der Waals surface area contributed by atoms with E-state index in [4.69, 9.17) is 4.84 Å². The van der Waals surface area contributed by atoms with E-state index in [1.165, 1.54) is 12.1 Å². The van der Waals surface area contributed by atoms with E-state index in [1.54, 1.807) is 6.07 Å². The molecule has 0 aliphatic carbocycles. The molecule has 1 heterocycles.